The third kappa shape index (κ3) is 2.86. The minimum atomic E-state index is -1.32. The van der Waals surface area contributed by atoms with E-state index in [0.717, 1.165) is 18.2 Å². The average molecular weight is 322 g/mol. The van der Waals surface area contributed by atoms with Crippen molar-refractivity contribution < 1.29 is 23.1 Å². The monoisotopic (exact) mass is 322 g/mol. The Morgan fingerprint density at radius 1 is 1.26 bits per heavy atom. The number of alkyl halides is 1. The fraction of sp³-hybridized carbons (Fsp3) is 0.250. The first-order valence-corrected chi connectivity index (χ1v) is 7.04. The van der Waals surface area contributed by atoms with Crippen LogP contribution in [0.4, 0.5) is 19.0 Å². The summed E-state index contributed by atoms with van der Waals surface area (Å²) in [6, 6.07) is 4.13. The lowest BCUT2D eigenvalue weighted by Gasteiger charge is -2.20. The normalized spacial score (nSPS) is 17.5. The maximum atomic E-state index is 14.0. The van der Waals surface area contributed by atoms with Crippen LogP contribution in [0.1, 0.15) is 16.8 Å². The highest BCUT2D eigenvalue weighted by atomic mass is 19.1. The van der Waals surface area contributed by atoms with Gasteiger partial charge in [0, 0.05) is 23.9 Å². The Balaban J connectivity index is 2.18. The number of benzene rings is 1. The minimum absolute atomic E-state index is 0.0156. The van der Waals surface area contributed by atoms with E-state index in [-0.39, 0.29) is 35.5 Å². The Bertz CT molecular complexity index is 767. The number of pyridine rings is 1. The molecule has 0 amide bonds. The predicted octanol–water partition coefficient (Wildman–Crippen LogP) is 3.27. The van der Waals surface area contributed by atoms with Crippen molar-refractivity contribution in [3.63, 3.8) is 0 Å². The van der Waals surface area contributed by atoms with Crippen LogP contribution >= 0.6 is 0 Å². The molecule has 120 valence electrons. The van der Waals surface area contributed by atoms with Gasteiger partial charge in [-0.15, -0.1) is 0 Å². The van der Waals surface area contributed by atoms with Crippen LogP contribution in [0.5, 0.6) is 0 Å². The SMILES string of the molecule is O=C(O)c1c(-c2cc(F)ccc2F)ccnc1N1CC[C@H](F)C1. The largest absolute Gasteiger partial charge is 0.478 e. The molecule has 1 N–H and O–H groups in total. The van der Waals surface area contributed by atoms with Crippen LogP contribution in [-0.4, -0.2) is 35.3 Å². The Morgan fingerprint density at radius 3 is 2.70 bits per heavy atom. The van der Waals surface area contributed by atoms with E-state index in [4.69, 9.17) is 0 Å². The zero-order valence-corrected chi connectivity index (χ0v) is 12.0. The number of halogens is 3. The Morgan fingerprint density at radius 2 is 2.04 bits per heavy atom. The van der Waals surface area contributed by atoms with Gasteiger partial charge in [0.25, 0.3) is 0 Å². The van der Waals surface area contributed by atoms with Gasteiger partial charge in [0.2, 0.25) is 0 Å². The number of carboxylic acid groups (broad SMARTS) is 1. The molecule has 0 spiro atoms. The van der Waals surface area contributed by atoms with E-state index in [0.29, 0.717) is 6.54 Å². The lowest BCUT2D eigenvalue weighted by molar-refractivity contribution is 0.0698. The lowest BCUT2D eigenvalue weighted by Crippen LogP contribution is -2.24. The van der Waals surface area contributed by atoms with Crippen LogP contribution in [0.25, 0.3) is 11.1 Å². The van der Waals surface area contributed by atoms with E-state index in [9.17, 15) is 23.1 Å². The third-order valence-corrected chi connectivity index (χ3v) is 3.79. The maximum Gasteiger partial charge on any atom is 0.340 e. The molecule has 23 heavy (non-hydrogen) atoms. The van der Waals surface area contributed by atoms with Crippen molar-refractivity contribution in [3.8, 4) is 11.1 Å². The van der Waals surface area contributed by atoms with Gasteiger partial charge in [-0.25, -0.2) is 22.9 Å². The molecular formula is C16H13F3N2O2. The highest BCUT2D eigenvalue weighted by molar-refractivity contribution is 6.01. The van der Waals surface area contributed by atoms with Gasteiger partial charge in [0.15, 0.2) is 0 Å². The standard InChI is InChI=1S/C16H13F3N2O2/c17-9-1-2-13(19)12(7-9)11-3-5-20-15(14(11)16(22)23)21-6-4-10(18)8-21/h1-3,5,7,10H,4,6,8H2,(H,22,23)/t10-/m0/s1. The molecule has 1 aliphatic heterocycles. The van der Waals surface area contributed by atoms with Gasteiger partial charge in [0.05, 0.1) is 6.54 Å². The fourth-order valence-electron chi connectivity index (χ4n) is 2.74. The molecule has 2 heterocycles. The molecule has 1 aliphatic rings. The van der Waals surface area contributed by atoms with Crippen molar-refractivity contribution in [3.05, 3.63) is 47.7 Å². The number of hydrogen-bond donors (Lipinski definition) is 1. The van der Waals surface area contributed by atoms with E-state index >= 15 is 0 Å². The van der Waals surface area contributed by atoms with E-state index in [1.807, 2.05) is 0 Å². The van der Waals surface area contributed by atoms with Crippen LogP contribution in [0, 0.1) is 11.6 Å². The summed E-state index contributed by atoms with van der Waals surface area (Å²) in [5.41, 5.74) is -0.407. The van der Waals surface area contributed by atoms with Gasteiger partial charge in [-0.05, 0) is 30.7 Å². The number of carbonyl (C=O) groups is 1. The smallest absolute Gasteiger partial charge is 0.340 e. The third-order valence-electron chi connectivity index (χ3n) is 3.79. The number of aromatic carboxylic acids is 1. The molecule has 0 bridgehead atoms. The van der Waals surface area contributed by atoms with E-state index in [2.05, 4.69) is 4.98 Å². The number of nitrogens with zero attached hydrogens (tertiary/aromatic N) is 2. The van der Waals surface area contributed by atoms with Gasteiger partial charge in [0.1, 0.15) is 29.2 Å². The van der Waals surface area contributed by atoms with Gasteiger partial charge in [-0.2, -0.15) is 0 Å². The lowest BCUT2D eigenvalue weighted by atomic mass is 10.00. The summed E-state index contributed by atoms with van der Waals surface area (Å²) in [6.45, 7) is 0.353. The molecular weight excluding hydrogens is 309 g/mol. The van der Waals surface area contributed by atoms with Gasteiger partial charge in [-0.3, -0.25) is 0 Å². The Labute approximate surface area is 130 Å². The van der Waals surface area contributed by atoms with E-state index in [1.54, 1.807) is 0 Å². The Hall–Kier alpha value is -2.57. The molecule has 0 aliphatic carbocycles. The van der Waals surface area contributed by atoms with Crippen LogP contribution in [0.3, 0.4) is 0 Å². The second-order valence-corrected chi connectivity index (χ2v) is 5.32. The number of aromatic nitrogens is 1. The summed E-state index contributed by atoms with van der Waals surface area (Å²) in [5.74, 6) is -2.68. The summed E-state index contributed by atoms with van der Waals surface area (Å²) >= 11 is 0. The van der Waals surface area contributed by atoms with Crippen LogP contribution in [0.15, 0.2) is 30.5 Å². The van der Waals surface area contributed by atoms with Gasteiger partial charge < -0.3 is 10.0 Å². The zero-order chi connectivity index (χ0) is 16.6. The van der Waals surface area contributed by atoms with E-state index in [1.165, 1.54) is 17.2 Å². The first-order valence-electron chi connectivity index (χ1n) is 7.04. The van der Waals surface area contributed by atoms with Crippen molar-refractivity contribution in [2.75, 3.05) is 18.0 Å². The Kier molecular flexibility index (Phi) is 3.94. The molecule has 1 fully saturated rings. The molecule has 3 rings (SSSR count). The van der Waals surface area contributed by atoms with Crippen molar-refractivity contribution in [1.82, 2.24) is 4.98 Å². The number of carboxylic acids is 1. The number of hydrogen-bond acceptors (Lipinski definition) is 3. The van der Waals surface area contributed by atoms with Crippen LogP contribution in [0.2, 0.25) is 0 Å². The summed E-state index contributed by atoms with van der Waals surface area (Å²) in [4.78, 5) is 17.2. The molecule has 1 aromatic carbocycles. The zero-order valence-electron chi connectivity index (χ0n) is 12.0. The molecule has 1 aromatic heterocycles. The number of rotatable bonds is 3. The fourth-order valence-corrected chi connectivity index (χ4v) is 2.74. The highest BCUT2D eigenvalue weighted by Gasteiger charge is 2.29. The molecule has 0 saturated carbocycles. The summed E-state index contributed by atoms with van der Waals surface area (Å²) in [7, 11) is 0. The second-order valence-electron chi connectivity index (χ2n) is 5.32. The van der Waals surface area contributed by atoms with Gasteiger partial charge >= 0.3 is 5.97 Å². The van der Waals surface area contributed by atoms with Crippen LogP contribution in [-0.2, 0) is 0 Å². The molecule has 1 atom stereocenters. The van der Waals surface area contributed by atoms with Gasteiger partial charge in [-0.1, -0.05) is 0 Å². The molecule has 0 unspecified atom stereocenters. The topological polar surface area (TPSA) is 53.4 Å². The second kappa shape index (κ2) is 5.91. The van der Waals surface area contributed by atoms with Crippen molar-refractivity contribution >= 4 is 11.8 Å². The molecule has 1 saturated heterocycles. The molecule has 7 heteroatoms. The summed E-state index contributed by atoms with van der Waals surface area (Å²) < 4.78 is 40.9. The summed E-state index contributed by atoms with van der Waals surface area (Å²) in [5, 5.41) is 9.52. The summed E-state index contributed by atoms with van der Waals surface area (Å²) in [6.07, 6.45) is 0.528. The highest BCUT2D eigenvalue weighted by Crippen LogP contribution is 2.33. The quantitative estimate of drug-likeness (QED) is 0.942. The van der Waals surface area contributed by atoms with Crippen LogP contribution < -0.4 is 4.90 Å². The first kappa shape index (κ1) is 15.3. The molecule has 0 radical (unpaired) electrons. The first-order chi connectivity index (χ1) is 11.0. The minimum Gasteiger partial charge on any atom is -0.478 e. The van der Waals surface area contributed by atoms with Crippen molar-refractivity contribution in [2.24, 2.45) is 0 Å². The maximum absolute atomic E-state index is 14.0. The molecule has 2 aromatic rings. The van der Waals surface area contributed by atoms with Crippen molar-refractivity contribution in [1.29, 1.82) is 0 Å². The van der Waals surface area contributed by atoms with Crippen molar-refractivity contribution in [2.45, 2.75) is 12.6 Å². The number of anilines is 1. The predicted molar refractivity (Wildman–Crippen MR) is 78.3 cm³/mol. The molecule has 4 nitrogen and oxygen atoms in total. The average Bonchev–Trinajstić information content (AvgIpc) is 2.95. The van der Waals surface area contributed by atoms with E-state index < -0.39 is 23.8 Å².